The predicted octanol–water partition coefficient (Wildman–Crippen LogP) is 2.69. The third-order valence-electron chi connectivity index (χ3n) is 4.71. The van der Waals surface area contributed by atoms with Crippen molar-refractivity contribution in [2.45, 2.75) is 63.6 Å². The standard InChI is InChI=1S/C16H22N2O2S/c1-2-6-13-14(19)18(11-12-7-5-10-21-12)16(15(20)17-13)8-3-4-9-16/h5,7,10,13H,2-4,6,8-9,11H2,1H3,(H,17,20). The van der Waals surface area contributed by atoms with E-state index in [1.54, 1.807) is 11.3 Å². The summed E-state index contributed by atoms with van der Waals surface area (Å²) in [5.74, 6) is 0.168. The van der Waals surface area contributed by atoms with Crippen molar-refractivity contribution in [1.29, 1.82) is 0 Å². The molecule has 1 N–H and O–H groups in total. The second kappa shape index (κ2) is 5.79. The molecule has 2 aliphatic rings. The molecule has 0 radical (unpaired) electrons. The topological polar surface area (TPSA) is 49.4 Å². The third-order valence-corrected chi connectivity index (χ3v) is 5.57. The monoisotopic (exact) mass is 306 g/mol. The molecule has 21 heavy (non-hydrogen) atoms. The number of amides is 2. The summed E-state index contributed by atoms with van der Waals surface area (Å²) in [4.78, 5) is 28.6. The Morgan fingerprint density at radius 1 is 1.38 bits per heavy atom. The van der Waals surface area contributed by atoms with Crippen LogP contribution in [-0.4, -0.2) is 28.3 Å². The second-order valence-corrected chi connectivity index (χ2v) is 7.09. The summed E-state index contributed by atoms with van der Waals surface area (Å²) in [6, 6.07) is 3.70. The van der Waals surface area contributed by atoms with Gasteiger partial charge in [-0.25, -0.2) is 0 Å². The van der Waals surface area contributed by atoms with Crippen molar-refractivity contribution in [2.24, 2.45) is 0 Å². The van der Waals surface area contributed by atoms with E-state index in [4.69, 9.17) is 0 Å². The van der Waals surface area contributed by atoms with Crippen LogP contribution in [0, 0.1) is 0 Å². The highest BCUT2D eigenvalue weighted by molar-refractivity contribution is 7.09. The summed E-state index contributed by atoms with van der Waals surface area (Å²) >= 11 is 1.65. The van der Waals surface area contributed by atoms with E-state index >= 15 is 0 Å². The zero-order valence-electron chi connectivity index (χ0n) is 12.4. The maximum absolute atomic E-state index is 12.9. The molecule has 1 spiro atoms. The molecule has 0 bridgehead atoms. The van der Waals surface area contributed by atoms with Gasteiger partial charge in [0.1, 0.15) is 11.6 Å². The average Bonchev–Trinajstić information content (AvgIpc) is 3.14. The lowest BCUT2D eigenvalue weighted by molar-refractivity contribution is -0.158. The molecule has 1 aromatic rings. The Labute approximate surface area is 129 Å². The number of carbonyl (C=O) groups excluding carboxylic acids is 2. The molecule has 1 saturated carbocycles. The molecular formula is C16H22N2O2S. The fourth-order valence-corrected chi connectivity index (χ4v) is 4.30. The molecule has 0 aromatic carbocycles. The lowest BCUT2D eigenvalue weighted by atomic mass is 9.88. The highest BCUT2D eigenvalue weighted by Gasteiger charge is 2.53. The number of hydrogen-bond acceptors (Lipinski definition) is 3. The second-order valence-electron chi connectivity index (χ2n) is 6.06. The molecule has 2 amide bonds. The van der Waals surface area contributed by atoms with Crippen LogP contribution in [0.4, 0.5) is 0 Å². The van der Waals surface area contributed by atoms with Gasteiger partial charge < -0.3 is 10.2 Å². The van der Waals surface area contributed by atoms with Crippen LogP contribution in [0.5, 0.6) is 0 Å². The van der Waals surface area contributed by atoms with E-state index in [1.165, 1.54) is 0 Å². The van der Waals surface area contributed by atoms with E-state index in [0.29, 0.717) is 6.54 Å². The van der Waals surface area contributed by atoms with Crippen LogP contribution in [0.15, 0.2) is 17.5 Å². The van der Waals surface area contributed by atoms with Crippen LogP contribution < -0.4 is 5.32 Å². The van der Waals surface area contributed by atoms with Crippen LogP contribution in [0.2, 0.25) is 0 Å². The SMILES string of the molecule is CCCC1NC(=O)C2(CCCC2)N(Cc2cccs2)C1=O. The Kier molecular flexibility index (Phi) is 4.02. The fraction of sp³-hybridized carbons (Fsp3) is 0.625. The molecule has 2 heterocycles. The van der Waals surface area contributed by atoms with Crippen LogP contribution in [-0.2, 0) is 16.1 Å². The normalized spacial score (nSPS) is 24.6. The molecule has 1 unspecified atom stereocenters. The van der Waals surface area contributed by atoms with Crippen LogP contribution in [0.25, 0.3) is 0 Å². The number of piperazine rings is 1. The first-order chi connectivity index (χ1) is 10.2. The summed E-state index contributed by atoms with van der Waals surface area (Å²) in [6.45, 7) is 2.62. The first-order valence-electron chi connectivity index (χ1n) is 7.82. The van der Waals surface area contributed by atoms with Gasteiger partial charge in [0.15, 0.2) is 0 Å². The number of hydrogen-bond donors (Lipinski definition) is 1. The van der Waals surface area contributed by atoms with Crippen molar-refractivity contribution in [3.63, 3.8) is 0 Å². The van der Waals surface area contributed by atoms with Gasteiger partial charge in [0.25, 0.3) is 0 Å². The average molecular weight is 306 g/mol. The van der Waals surface area contributed by atoms with Crippen molar-refractivity contribution in [3.8, 4) is 0 Å². The lowest BCUT2D eigenvalue weighted by Crippen LogP contribution is -2.69. The van der Waals surface area contributed by atoms with Gasteiger partial charge in [-0.2, -0.15) is 0 Å². The van der Waals surface area contributed by atoms with Gasteiger partial charge in [-0.3, -0.25) is 9.59 Å². The van der Waals surface area contributed by atoms with Crippen LogP contribution in [0.3, 0.4) is 0 Å². The lowest BCUT2D eigenvalue weighted by Gasteiger charge is -2.46. The number of thiophene rings is 1. The maximum Gasteiger partial charge on any atom is 0.246 e. The fourth-order valence-electron chi connectivity index (χ4n) is 3.60. The first kappa shape index (κ1) is 14.6. The van der Waals surface area contributed by atoms with Crippen LogP contribution >= 0.6 is 11.3 Å². The molecule has 3 rings (SSSR count). The Hall–Kier alpha value is -1.36. The van der Waals surface area contributed by atoms with Crippen LogP contribution in [0.1, 0.15) is 50.3 Å². The van der Waals surface area contributed by atoms with Gasteiger partial charge in [0.2, 0.25) is 11.8 Å². The molecular weight excluding hydrogens is 284 g/mol. The zero-order chi connectivity index (χ0) is 14.9. The van der Waals surface area contributed by atoms with E-state index in [0.717, 1.165) is 43.4 Å². The molecule has 5 heteroatoms. The summed E-state index contributed by atoms with van der Waals surface area (Å²) < 4.78 is 0. The summed E-state index contributed by atoms with van der Waals surface area (Å²) in [5, 5.41) is 5.01. The minimum absolute atomic E-state index is 0.0645. The molecule has 1 aliphatic heterocycles. The van der Waals surface area contributed by atoms with Gasteiger partial charge in [-0.1, -0.05) is 32.3 Å². The highest BCUT2D eigenvalue weighted by atomic mass is 32.1. The van der Waals surface area contributed by atoms with Crippen molar-refractivity contribution in [3.05, 3.63) is 22.4 Å². The Bertz CT molecular complexity index is 520. The first-order valence-corrected chi connectivity index (χ1v) is 8.70. The minimum atomic E-state index is -0.592. The van der Waals surface area contributed by atoms with Gasteiger partial charge in [-0.15, -0.1) is 11.3 Å². The summed E-state index contributed by atoms with van der Waals surface area (Å²) in [6.07, 6.45) is 5.28. The number of carbonyl (C=O) groups is 2. The maximum atomic E-state index is 12.9. The zero-order valence-corrected chi connectivity index (χ0v) is 13.2. The van der Waals surface area contributed by atoms with E-state index in [1.807, 2.05) is 29.3 Å². The van der Waals surface area contributed by atoms with Crippen molar-refractivity contribution in [1.82, 2.24) is 10.2 Å². The van der Waals surface area contributed by atoms with E-state index in [-0.39, 0.29) is 17.9 Å². The minimum Gasteiger partial charge on any atom is -0.342 e. The van der Waals surface area contributed by atoms with Gasteiger partial charge in [0.05, 0.1) is 6.54 Å². The van der Waals surface area contributed by atoms with Crippen molar-refractivity contribution < 1.29 is 9.59 Å². The molecule has 1 saturated heterocycles. The summed E-state index contributed by atoms with van der Waals surface area (Å²) in [7, 11) is 0. The molecule has 114 valence electrons. The molecule has 1 atom stereocenters. The summed E-state index contributed by atoms with van der Waals surface area (Å²) in [5.41, 5.74) is -0.592. The number of nitrogens with one attached hydrogen (secondary N) is 1. The molecule has 4 nitrogen and oxygen atoms in total. The van der Waals surface area contributed by atoms with Crippen molar-refractivity contribution >= 4 is 23.2 Å². The Morgan fingerprint density at radius 2 is 2.14 bits per heavy atom. The number of rotatable bonds is 4. The molecule has 2 fully saturated rings. The smallest absolute Gasteiger partial charge is 0.246 e. The van der Waals surface area contributed by atoms with E-state index in [9.17, 15) is 9.59 Å². The molecule has 1 aliphatic carbocycles. The van der Waals surface area contributed by atoms with E-state index in [2.05, 4.69) is 5.32 Å². The van der Waals surface area contributed by atoms with Gasteiger partial charge >= 0.3 is 0 Å². The third kappa shape index (κ3) is 2.48. The highest BCUT2D eigenvalue weighted by Crippen LogP contribution is 2.39. The van der Waals surface area contributed by atoms with Crippen molar-refractivity contribution in [2.75, 3.05) is 0 Å². The van der Waals surface area contributed by atoms with Gasteiger partial charge in [-0.05, 0) is 30.7 Å². The Balaban J connectivity index is 1.91. The van der Waals surface area contributed by atoms with E-state index < -0.39 is 5.54 Å². The predicted molar refractivity (Wildman–Crippen MR) is 82.9 cm³/mol. The quantitative estimate of drug-likeness (QED) is 0.930. The largest absolute Gasteiger partial charge is 0.342 e. The van der Waals surface area contributed by atoms with Gasteiger partial charge in [0, 0.05) is 4.88 Å². The Morgan fingerprint density at radius 3 is 2.76 bits per heavy atom. The number of nitrogens with zero attached hydrogens (tertiary/aromatic N) is 1. The molecule has 1 aromatic heterocycles.